The molecule has 1 saturated heterocycles. The number of rotatable bonds is 2. The first-order chi connectivity index (χ1) is 8.11. The van der Waals surface area contributed by atoms with Crippen LogP contribution in [0, 0.1) is 0 Å². The van der Waals surface area contributed by atoms with Crippen molar-refractivity contribution in [2.24, 2.45) is 0 Å². The number of nitrogens with zero attached hydrogens (tertiary/aromatic N) is 2. The van der Waals surface area contributed by atoms with Gasteiger partial charge < -0.3 is 14.9 Å². The van der Waals surface area contributed by atoms with Gasteiger partial charge in [0.25, 0.3) is 0 Å². The number of likely N-dealkylation sites (N-methyl/N-ethyl adjacent to an activating group) is 1. The molecular formula is C13H19BrN2O. The normalized spacial score (nSPS) is 26.2. The van der Waals surface area contributed by atoms with Gasteiger partial charge in [-0.2, -0.15) is 0 Å². The van der Waals surface area contributed by atoms with Crippen LogP contribution in [0.3, 0.4) is 0 Å². The van der Waals surface area contributed by atoms with Crippen molar-refractivity contribution < 1.29 is 5.11 Å². The predicted molar refractivity (Wildman–Crippen MR) is 74.5 cm³/mol. The van der Waals surface area contributed by atoms with Crippen LogP contribution in [0.25, 0.3) is 0 Å². The fourth-order valence-electron chi connectivity index (χ4n) is 2.65. The summed E-state index contributed by atoms with van der Waals surface area (Å²) < 4.78 is 1.09. The van der Waals surface area contributed by atoms with Gasteiger partial charge in [0.1, 0.15) is 0 Å². The highest BCUT2D eigenvalue weighted by atomic mass is 79.9. The van der Waals surface area contributed by atoms with Crippen LogP contribution in [-0.2, 0) is 0 Å². The zero-order valence-corrected chi connectivity index (χ0v) is 11.9. The van der Waals surface area contributed by atoms with Crippen LogP contribution in [-0.4, -0.2) is 48.8 Å². The molecule has 1 N–H and O–H groups in total. The molecule has 1 aliphatic heterocycles. The second-order valence-corrected chi connectivity index (χ2v) is 5.71. The first-order valence-corrected chi connectivity index (χ1v) is 6.74. The van der Waals surface area contributed by atoms with E-state index in [2.05, 4.69) is 64.0 Å². The molecule has 1 heterocycles. The van der Waals surface area contributed by atoms with E-state index in [0.717, 1.165) is 17.6 Å². The van der Waals surface area contributed by atoms with Gasteiger partial charge in [-0.25, -0.2) is 0 Å². The predicted octanol–water partition coefficient (Wildman–Crippen LogP) is 1.95. The van der Waals surface area contributed by atoms with Crippen LogP contribution in [0.1, 0.15) is 6.92 Å². The van der Waals surface area contributed by atoms with Gasteiger partial charge in [0, 0.05) is 29.3 Å². The highest BCUT2D eigenvalue weighted by Gasteiger charge is 2.30. The Morgan fingerprint density at radius 2 is 1.94 bits per heavy atom. The number of aliphatic hydroxyl groups is 1. The summed E-state index contributed by atoms with van der Waals surface area (Å²) in [7, 11) is 2.11. The number of piperazine rings is 1. The third-order valence-electron chi connectivity index (χ3n) is 3.30. The number of aliphatic hydroxyl groups excluding tert-OH is 1. The quantitative estimate of drug-likeness (QED) is 0.904. The molecule has 17 heavy (non-hydrogen) atoms. The molecular weight excluding hydrogens is 280 g/mol. The molecule has 1 aliphatic rings. The fraction of sp³-hybridized carbons (Fsp3) is 0.538. The second-order valence-electron chi connectivity index (χ2n) is 4.79. The summed E-state index contributed by atoms with van der Waals surface area (Å²) in [6.45, 7) is 4.36. The van der Waals surface area contributed by atoms with E-state index in [0.29, 0.717) is 6.04 Å². The average molecular weight is 299 g/mol. The lowest BCUT2D eigenvalue weighted by molar-refractivity contribution is 0.171. The summed E-state index contributed by atoms with van der Waals surface area (Å²) in [6, 6.07) is 8.92. The monoisotopic (exact) mass is 298 g/mol. The molecule has 0 amide bonds. The topological polar surface area (TPSA) is 26.7 Å². The van der Waals surface area contributed by atoms with E-state index >= 15 is 0 Å². The minimum Gasteiger partial charge on any atom is -0.394 e. The molecule has 0 spiro atoms. The number of hydrogen-bond acceptors (Lipinski definition) is 3. The molecule has 4 heteroatoms. The van der Waals surface area contributed by atoms with Crippen LogP contribution in [0.4, 0.5) is 5.69 Å². The zero-order chi connectivity index (χ0) is 12.4. The van der Waals surface area contributed by atoms with Crippen LogP contribution in [0.15, 0.2) is 28.7 Å². The van der Waals surface area contributed by atoms with Crippen molar-refractivity contribution in [2.45, 2.75) is 19.0 Å². The summed E-state index contributed by atoms with van der Waals surface area (Å²) in [6.07, 6.45) is 0. The molecule has 2 atom stereocenters. The summed E-state index contributed by atoms with van der Waals surface area (Å²) in [5, 5.41) is 9.54. The number of hydrogen-bond donors (Lipinski definition) is 1. The number of benzene rings is 1. The van der Waals surface area contributed by atoms with E-state index in [1.807, 2.05) is 0 Å². The van der Waals surface area contributed by atoms with Gasteiger partial charge in [-0.05, 0) is 38.2 Å². The van der Waals surface area contributed by atoms with Crippen molar-refractivity contribution in [3.8, 4) is 0 Å². The summed E-state index contributed by atoms with van der Waals surface area (Å²) in [5.74, 6) is 0. The van der Waals surface area contributed by atoms with Gasteiger partial charge in [0.2, 0.25) is 0 Å². The SMILES string of the molecule is CC1CN(C)CC(CO)N1c1ccc(Br)cc1. The molecule has 94 valence electrons. The maximum absolute atomic E-state index is 9.54. The van der Waals surface area contributed by atoms with Gasteiger partial charge in [0.05, 0.1) is 12.6 Å². The van der Waals surface area contributed by atoms with E-state index in [1.54, 1.807) is 0 Å². The second kappa shape index (κ2) is 5.38. The Hall–Kier alpha value is -0.580. The lowest BCUT2D eigenvalue weighted by Crippen LogP contribution is -2.58. The van der Waals surface area contributed by atoms with Crippen molar-refractivity contribution in [3.05, 3.63) is 28.7 Å². The average Bonchev–Trinajstić information content (AvgIpc) is 2.30. The largest absolute Gasteiger partial charge is 0.394 e. The summed E-state index contributed by atoms with van der Waals surface area (Å²) in [4.78, 5) is 4.60. The van der Waals surface area contributed by atoms with Crippen molar-refractivity contribution in [1.82, 2.24) is 4.90 Å². The molecule has 2 unspecified atom stereocenters. The Kier molecular flexibility index (Phi) is 4.07. The molecule has 1 fully saturated rings. The van der Waals surface area contributed by atoms with E-state index < -0.39 is 0 Å². The number of halogens is 1. The number of anilines is 1. The van der Waals surface area contributed by atoms with Crippen LogP contribution in [0.2, 0.25) is 0 Å². The molecule has 0 aromatic heterocycles. The van der Waals surface area contributed by atoms with Crippen LogP contribution in [0.5, 0.6) is 0 Å². The molecule has 0 aliphatic carbocycles. The summed E-state index contributed by atoms with van der Waals surface area (Å²) >= 11 is 3.45. The standard InChI is InChI=1S/C13H19BrN2O/c1-10-7-15(2)8-13(9-17)16(10)12-5-3-11(14)4-6-12/h3-6,10,13,17H,7-9H2,1-2H3. The minimum absolute atomic E-state index is 0.185. The maximum Gasteiger partial charge on any atom is 0.0651 e. The summed E-state index contributed by atoms with van der Waals surface area (Å²) in [5.41, 5.74) is 1.19. The van der Waals surface area contributed by atoms with Crippen molar-refractivity contribution in [1.29, 1.82) is 0 Å². The van der Waals surface area contributed by atoms with Gasteiger partial charge >= 0.3 is 0 Å². The lowest BCUT2D eigenvalue weighted by atomic mass is 10.1. The van der Waals surface area contributed by atoms with Gasteiger partial charge in [-0.3, -0.25) is 0 Å². The van der Waals surface area contributed by atoms with Crippen molar-refractivity contribution in [2.75, 3.05) is 31.6 Å². The van der Waals surface area contributed by atoms with Crippen molar-refractivity contribution in [3.63, 3.8) is 0 Å². The third-order valence-corrected chi connectivity index (χ3v) is 3.83. The molecule has 0 bridgehead atoms. The lowest BCUT2D eigenvalue weighted by Gasteiger charge is -2.45. The van der Waals surface area contributed by atoms with E-state index in [1.165, 1.54) is 5.69 Å². The molecule has 0 radical (unpaired) electrons. The Balaban J connectivity index is 2.24. The zero-order valence-electron chi connectivity index (χ0n) is 10.3. The third kappa shape index (κ3) is 2.81. The van der Waals surface area contributed by atoms with E-state index in [4.69, 9.17) is 0 Å². The highest BCUT2D eigenvalue weighted by molar-refractivity contribution is 9.10. The fourth-order valence-corrected chi connectivity index (χ4v) is 2.91. The molecule has 2 rings (SSSR count). The van der Waals surface area contributed by atoms with Gasteiger partial charge in [0.15, 0.2) is 0 Å². The Labute approximate surface area is 111 Å². The molecule has 1 aromatic rings. The molecule has 0 saturated carbocycles. The van der Waals surface area contributed by atoms with Gasteiger partial charge in [-0.1, -0.05) is 15.9 Å². The van der Waals surface area contributed by atoms with Crippen molar-refractivity contribution >= 4 is 21.6 Å². The maximum atomic E-state index is 9.54. The van der Waals surface area contributed by atoms with Gasteiger partial charge in [-0.15, -0.1) is 0 Å². The van der Waals surface area contributed by atoms with E-state index in [-0.39, 0.29) is 12.6 Å². The Bertz CT molecular complexity index is 368. The molecule has 1 aromatic carbocycles. The van der Waals surface area contributed by atoms with E-state index in [9.17, 15) is 5.11 Å². The van der Waals surface area contributed by atoms with Crippen LogP contribution < -0.4 is 4.90 Å². The highest BCUT2D eigenvalue weighted by Crippen LogP contribution is 2.25. The molecule has 3 nitrogen and oxygen atoms in total. The Morgan fingerprint density at radius 1 is 1.29 bits per heavy atom. The first kappa shape index (κ1) is 12.9. The Morgan fingerprint density at radius 3 is 2.53 bits per heavy atom. The first-order valence-electron chi connectivity index (χ1n) is 5.95. The minimum atomic E-state index is 0.185. The van der Waals surface area contributed by atoms with Crippen LogP contribution >= 0.6 is 15.9 Å². The smallest absolute Gasteiger partial charge is 0.0651 e.